The third-order valence-electron chi connectivity index (χ3n) is 4.35. The van der Waals surface area contributed by atoms with Gasteiger partial charge in [-0.15, -0.1) is 0 Å². The summed E-state index contributed by atoms with van der Waals surface area (Å²) in [5, 5.41) is 11.7. The second-order valence-electron chi connectivity index (χ2n) is 6.57. The van der Waals surface area contributed by atoms with Crippen LogP contribution in [0.3, 0.4) is 0 Å². The van der Waals surface area contributed by atoms with Gasteiger partial charge in [0.15, 0.2) is 0 Å². The van der Waals surface area contributed by atoms with Gasteiger partial charge in [0.25, 0.3) is 0 Å². The van der Waals surface area contributed by atoms with E-state index in [4.69, 9.17) is 9.94 Å². The summed E-state index contributed by atoms with van der Waals surface area (Å²) in [5.74, 6) is -0.0269. The Balaban J connectivity index is 1.87. The van der Waals surface area contributed by atoms with Crippen LogP contribution in [0.2, 0.25) is 0 Å². The van der Waals surface area contributed by atoms with Crippen LogP contribution in [0.4, 0.5) is 13.2 Å². The quantitative estimate of drug-likeness (QED) is 0.290. The summed E-state index contributed by atoms with van der Waals surface area (Å²) < 4.78 is 44.1. The third kappa shape index (κ3) is 8.13. The average Bonchev–Trinajstić information content (AvgIpc) is 2.72. The highest BCUT2D eigenvalue weighted by Gasteiger charge is 2.30. The van der Waals surface area contributed by atoms with Gasteiger partial charge in [0.2, 0.25) is 5.91 Å². The Morgan fingerprint density at radius 1 is 1.00 bits per heavy atom. The molecule has 0 heterocycles. The molecular formula is C21H25F3N2O3. The molecule has 8 heteroatoms. The minimum Gasteiger partial charge on any atom is -0.486 e. The lowest BCUT2D eigenvalue weighted by Crippen LogP contribution is -2.22. The Morgan fingerprint density at radius 2 is 1.69 bits per heavy atom. The molecule has 5 nitrogen and oxygen atoms in total. The molecule has 0 saturated carbocycles. The summed E-state index contributed by atoms with van der Waals surface area (Å²) in [6.45, 7) is 1.35. The van der Waals surface area contributed by atoms with Gasteiger partial charge in [0, 0.05) is 12.8 Å². The fraction of sp³-hybridized carbons (Fsp3) is 0.381. The first-order valence-electron chi connectivity index (χ1n) is 9.42. The number of nitrogens with one attached hydrogen (secondary N) is 2. The van der Waals surface area contributed by atoms with Crippen LogP contribution < -0.4 is 15.5 Å². The second kappa shape index (κ2) is 11.4. The molecule has 158 valence electrons. The van der Waals surface area contributed by atoms with E-state index in [1.165, 1.54) is 12.1 Å². The van der Waals surface area contributed by atoms with E-state index >= 15 is 0 Å². The SMILES string of the molecule is O=C(CCCCNCC[C@@H](Oc1ccc(C(F)(F)F)cc1)c1ccccc1)NO. The average molecular weight is 410 g/mol. The largest absolute Gasteiger partial charge is 0.486 e. The van der Waals surface area contributed by atoms with Crippen molar-refractivity contribution in [2.24, 2.45) is 0 Å². The van der Waals surface area contributed by atoms with Gasteiger partial charge in [-0.1, -0.05) is 30.3 Å². The molecule has 0 aromatic heterocycles. The van der Waals surface area contributed by atoms with Crippen molar-refractivity contribution in [2.45, 2.75) is 38.0 Å². The summed E-state index contributed by atoms with van der Waals surface area (Å²) in [5.41, 5.74) is 1.82. The van der Waals surface area contributed by atoms with Crippen molar-refractivity contribution in [1.82, 2.24) is 10.8 Å². The summed E-state index contributed by atoms with van der Waals surface area (Å²) in [6, 6.07) is 14.2. The number of hydrogen-bond donors (Lipinski definition) is 3. The van der Waals surface area contributed by atoms with Crippen LogP contribution >= 0.6 is 0 Å². The molecule has 0 aliphatic carbocycles. The summed E-state index contributed by atoms with van der Waals surface area (Å²) in [6.07, 6.45) is -2.35. The predicted octanol–water partition coefficient (Wildman–Crippen LogP) is 4.48. The summed E-state index contributed by atoms with van der Waals surface area (Å²) in [7, 11) is 0. The molecule has 0 aliphatic heterocycles. The number of hydrogen-bond acceptors (Lipinski definition) is 4. The molecule has 0 aliphatic rings. The summed E-state index contributed by atoms with van der Waals surface area (Å²) >= 11 is 0. The van der Waals surface area contributed by atoms with Crippen LogP contribution in [0.25, 0.3) is 0 Å². The highest BCUT2D eigenvalue weighted by atomic mass is 19.4. The van der Waals surface area contributed by atoms with Crippen LogP contribution in [0.1, 0.15) is 42.9 Å². The molecule has 1 amide bonds. The van der Waals surface area contributed by atoms with Crippen molar-refractivity contribution in [1.29, 1.82) is 0 Å². The minimum absolute atomic E-state index is 0.266. The molecule has 1 atom stereocenters. The number of alkyl halides is 3. The van der Waals surface area contributed by atoms with Gasteiger partial charge in [-0.25, -0.2) is 5.48 Å². The molecule has 0 spiro atoms. The highest BCUT2D eigenvalue weighted by Crippen LogP contribution is 2.31. The molecule has 2 rings (SSSR count). The van der Waals surface area contributed by atoms with Gasteiger partial charge in [0.05, 0.1) is 5.56 Å². The maximum Gasteiger partial charge on any atom is 0.416 e. The van der Waals surface area contributed by atoms with Gasteiger partial charge in [0.1, 0.15) is 11.9 Å². The van der Waals surface area contributed by atoms with Crippen molar-refractivity contribution < 1.29 is 27.9 Å². The molecule has 2 aromatic rings. The molecule has 29 heavy (non-hydrogen) atoms. The number of carbonyl (C=O) groups is 1. The second-order valence-corrected chi connectivity index (χ2v) is 6.57. The number of unbranched alkanes of at least 4 members (excludes halogenated alkanes) is 1. The summed E-state index contributed by atoms with van der Waals surface area (Å²) in [4.78, 5) is 10.9. The standard InChI is InChI=1S/C21H25F3N2O3/c22-21(23,24)17-9-11-18(12-10-17)29-19(16-6-2-1-3-7-16)13-15-25-14-5-4-8-20(27)26-28/h1-3,6-7,9-12,19,25,28H,4-5,8,13-15H2,(H,26,27)/t19-/m1/s1. The number of amides is 1. The zero-order chi connectivity index (χ0) is 21.1. The molecule has 0 bridgehead atoms. The zero-order valence-electron chi connectivity index (χ0n) is 15.9. The monoisotopic (exact) mass is 410 g/mol. The van der Waals surface area contributed by atoms with Crippen LogP contribution in [0, 0.1) is 0 Å². The normalized spacial score (nSPS) is 12.4. The first-order valence-corrected chi connectivity index (χ1v) is 9.42. The molecule has 0 saturated heterocycles. The van der Waals surface area contributed by atoms with Crippen molar-refractivity contribution in [3.05, 3.63) is 65.7 Å². The Hall–Kier alpha value is -2.58. The molecule has 2 aromatic carbocycles. The van der Waals surface area contributed by atoms with E-state index in [0.29, 0.717) is 31.7 Å². The number of hydroxylamine groups is 1. The zero-order valence-corrected chi connectivity index (χ0v) is 15.9. The molecular weight excluding hydrogens is 385 g/mol. The van der Waals surface area contributed by atoms with Gasteiger partial charge < -0.3 is 10.1 Å². The van der Waals surface area contributed by atoms with E-state index in [1.54, 1.807) is 5.48 Å². The topological polar surface area (TPSA) is 70.6 Å². The fourth-order valence-electron chi connectivity index (χ4n) is 2.80. The van der Waals surface area contributed by atoms with Crippen LogP contribution in [0.15, 0.2) is 54.6 Å². The smallest absolute Gasteiger partial charge is 0.416 e. The van der Waals surface area contributed by atoms with Gasteiger partial charge in [-0.05, 0) is 55.8 Å². The van der Waals surface area contributed by atoms with Crippen molar-refractivity contribution in [2.75, 3.05) is 13.1 Å². The number of benzene rings is 2. The maximum atomic E-state index is 12.7. The lowest BCUT2D eigenvalue weighted by Gasteiger charge is -2.20. The van der Waals surface area contributed by atoms with E-state index in [2.05, 4.69) is 5.32 Å². The van der Waals surface area contributed by atoms with Crippen LogP contribution in [-0.4, -0.2) is 24.2 Å². The van der Waals surface area contributed by atoms with Crippen molar-refractivity contribution in [3.63, 3.8) is 0 Å². The van der Waals surface area contributed by atoms with Crippen molar-refractivity contribution in [3.8, 4) is 5.75 Å². The van der Waals surface area contributed by atoms with E-state index < -0.39 is 17.6 Å². The van der Waals surface area contributed by atoms with Crippen LogP contribution in [-0.2, 0) is 11.0 Å². The number of halogens is 3. The Kier molecular flexibility index (Phi) is 8.95. The van der Waals surface area contributed by atoms with Gasteiger partial charge in [-0.2, -0.15) is 13.2 Å². The minimum atomic E-state index is -4.38. The Bertz CT molecular complexity index is 737. The first kappa shape index (κ1) is 22.7. The van der Waals surface area contributed by atoms with E-state index in [1.807, 2.05) is 30.3 Å². The number of carbonyl (C=O) groups excluding carboxylic acids is 1. The molecule has 0 radical (unpaired) electrons. The van der Waals surface area contributed by atoms with E-state index in [-0.39, 0.29) is 12.5 Å². The van der Waals surface area contributed by atoms with Gasteiger partial charge >= 0.3 is 6.18 Å². The van der Waals surface area contributed by atoms with E-state index in [0.717, 1.165) is 24.1 Å². The first-order chi connectivity index (χ1) is 13.9. The highest BCUT2D eigenvalue weighted by molar-refractivity contribution is 5.74. The molecule has 0 unspecified atom stereocenters. The molecule has 0 fully saturated rings. The van der Waals surface area contributed by atoms with Gasteiger partial charge in [-0.3, -0.25) is 10.0 Å². The maximum absolute atomic E-state index is 12.7. The van der Waals surface area contributed by atoms with Crippen LogP contribution in [0.5, 0.6) is 5.75 Å². The Morgan fingerprint density at radius 3 is 2.31 bits per heavy atom. The lowest BCUT2D eigenvalue weighted by molar-refractivity contribution is -0.137. The number of ether oxygens (including phenoxy) is 1. The fourth-order valence-corrected chi connectivity index (χ4v) is 2.80. The predicted molar refractivity (Wildman–Crippen MR) is 103 cm³/mol. The lowest BCUT2D eigenvalue weighted by atomic mass is 10.1. The van der Waals surface area contributed by atoms with E-state index in [9.17, 15) is 18.0 Å². The third-order valence-corrected chi connectivity index (χ3v) is 4.35. The Labute approximate surface area is 167 Å². The van der Waals surface area contributed by atoms with Crippen molar-refractivity contribution >= 4 is 5.91 Å². The number of rotatable bonds is 11. The molecule has 3 N–H and O–H groups in total.